The molecule has 0 N–H and O–H groups in total. The Labute approximate surface area is 266 Å². The van der Waals surface area contributed by atoms with Crippen LogP contribution in [0.2, 0.25) is 0 Å². The first-order chi connectivity index (χ1) is 20.8. The fraction of sp³-hybridized carbons (Fsp3) is 0.925. The van der Waals surface area contributed by atoms with Crippen LogP contribution in [0.1, 0.15) is 226 Å². The minimum Gasteiger partial charge on any atom is -0.234 e. The second-order valence-electron chi connectivity index (χ2n) is 13.8. The third-order valence-corrected chi connectivity index (χ3v) is 9.60. The van der Waals surface area contributed by atoms with E-state index in [0.717, 1.165) is 0 Å². The molecule has 0 spiro atoms. The molecule has 42 heavy (non-hydrogen) atoms. The number of aryl methyl sites for hydroxylation is 2. The van der Waals surface area contributed by atoms with Crippen molar-refractivity contribution in [1.29, 1.82) is 0 Å². The van der Waals surface area contributed by atoms with Crippen molar-refractivity contribution in [3.63, 3.8) is 0 Å². The minimum absolute atomic E-state index is 1.23. The third kappa shape index (κ3) is 23.6. The Morgan fingerprint density at radius 2 is 0.738 bits per heavy atom. The normalized spacial score (nSPS) is 11.6. The molecule has 1 heterocycles. The smallest absolute Gasteiger partial charge is 0.234 e. The highest BCUT2D eigenvalue weighted by atomic mass is 15.1. The standard InChI is InChI=1S/C40H79N2/c1-4-7-10-13-16-18-19-20-21-22-23-24-25-26-27-29-32-35-40-41(36-33-30-15-12-9-6-3)38-39-42(40)37-34-31-28-17-14-11-8-5-2/h38-39H,4-37H2,1-3H3/q+1. The molecule has 0 fully saturated rings. The molecule has 0 aliphatic carbocycles. The van der Waals surface area contributed by atoms with Gasteiger partial charge in [-0.1, -0.05) is 188 Å². The largest absolute Gasteiger partial charge is 0.256 e. The van der Waals surface area contributed by atoms with E-state index in [9.17, 15) is 0 Å². The zero-order valence-electron chi connectivity index (χ0n) is 29.6. The van der Waals surface area contributed by atoms with Crippen LogP contribution < -0.4 is 4.57 Å². The Balaban J connectivity index is 2.19. The van der Waals surface area contributed by atoms with Gasteiger partial charge < -0.3 is 0 Å². The average Bonchev–Trinajstić information content (AvgIpc) is 3.38. The van der Waals surface area contributed by atoms with Gasteiger partial charge >= 0.3 is 0 Å². The maximum absolute atomic E-state index is 2.63. The van der Waals surface area contributed by atoms with Crippen molar-refractivity contribution in [3.05, 3.63) is 18.2 Å². The molecule has 0 aliphatic rings. The molecule has 0 saturated carbocycles. The average molecular weight is 588 g/mol. The summed E-state index contributed by atoms with van der Waals surface area (Å²) in [6.45, 7) is 9.40. The molecule has 0 amide bonds. The zero-order chi connectivity index (χ0) is 30.2. The number of rotatable bonds is 34. The van der Waals surface area contributed by atoms with E-state index in [-0.39, 0.29) is 0 Å². The molecule has 2 nitrogen and oxygen atoms in total. The van der Waals surface area contributed by atoms with Crippen molar-refractivity contribution in [1.82, 2.24) is 4.57 Å². The van der Waals surface area contributed by atoms with Crippen LogP contribution in [0.15, 0.2) is 12.4 Å². The van der Waals surface area contributed by atoms with Crippen LogP contribution in [0.4, 0.5) is 0 Å². The van der Waals surface area contributed by atoms with Crippen LogP contribution in [0, 0.1) is 0 Å². The summed E-state index contributed by atoms with van der Waals surface area (Å²) >= 11 is 0. The molecule has 0 aliphatic heterocycles. The van der Waals surface area contributed by atoms with E-state index < -0.39 is 0 Å². The Bertz CT molecular complexity index is 648. The van der Waals surface area contributed by atoms with Gasteiger partial charge in [0.25, 0.3) is 5.82 Å². The van der Waals surface area contributed by atoms with Gasteiger partial charge in [-0.05, 0) is 32.1 Å². The topological polar surface area (TPSA) is 8.81 Å². The Morgan fingerprint density at radius 3 is 1.14 bits per heavy atom. The van der Waals surface area contributed by atoms with E-state index in [4.69, 9.17) is 0 Å². The summed E-state index contributed by atoms with van der Waals surface area (Å²) in [5, 5.41) is 0. The van der Waals surface area contributed by atoms with Crippen LogP contribution in [-0.4, -0.2) is 4.57 Å². The molecule has 1 rings (SSSR count). The van der Waals surface area contributed by atoms with Gasteiger partial charge in [-0.2, -0.15) is 0 Å². The summed E-state index contributed by atoms with van der Waals surface area (Å²) in [5.74, 6) is 1.62. The molecule has 248 valence electrons. The van der Waals surface area contributed by atoms with E-state index in [2.05, 4.69) is 42.3 Å². The van der Waals surface area contributed by atoms with E-state index in [0.29, 0.717) is 0 Å². The van der Waals surface area contributed by atoms with Gasteiger partial charge in [-0.3, -0.25) is 0 Å². The maximum Gasteiger partial charge on any atom is 0.256 e. The number of hydrogen-bond acceptors (Lipinski definition) is 0. The molecule has 0 unspecified atom stereocenters. The second kappa shape index (κ2) is 31.6. The quantitative estimate of drug-likeness (QED) is 0.0560. The highest BCUT2D eigenvalue weighted by Gasteiger charge is 2.16. The predicted octanol–water partition coefficient (Wildman–Crippen LogP) is 13.5. The molecular formula is C40H79N2+. The highest BCUT2D eigenvalue weighted by molar-refractivity contribution is 4.84. The van der Waals surface area contributed by atoms with E-state index >= 15 is 0 Å². The summed E-state index contributed by atoms with van der Waals surface area (Å²) in [4.78, 5) is 0. The SMILES string of the molecule is CCCCCCCCCCCCCCCCCCCc1n(CCCCCCCC)cc[n+]1CCCCCCCCCC. The second-order valence-corrected chi connectivity index (χ2v) is 13.8. The van der Waals surface area contributed by atoms with Gasteiger partial charge in [0.15, 0.2) is 0 Å². The Hall–Kier alpha value is -0.790. The molecule has 0 atom stereocenters. The van der Waals surface area contributed by atoms with Crippen LogP contribution in [0.25, 0.3) is 0 Å². The molecule has 1 aromatic rings. The van der Waals surface area contributed by atoms with Crippen molar-refractivity contribution in [2.45, 2.75) is 239 Å². The number of aromatic nitrogens is 2. The van der Waals surface area contributed by atoms with Gasteiger partial charge in [0.2, 0.25) is 0 Å². The van der Waals surface area contributed by atoms with Crippen LogP contribution >= 0.6 is 0 Å². The van der Waals surface area contributed by atoms with Crippen LogP contribution in [0.5, 0.6) is 0 Å². The summed E-state index contributed by atoms with van der Waals surface area (Å²) in [6.07, 6.45) is 50.4. The Morgan fingerprint density at radius 1 is 0.405 bits per heavy atom. The number of unbranched alkanes of at least 4 members (excludes halogenated alkanes) is 28. The first-order valence-corrected chi connectivity index (χ1v) is 19.9. The summed E-state index contributed by atoms with van der Waals surface area (Å²) in [6, 6.07) is 0. The highest BCUT2D eigenvalue weighted by Crippen LogP contribution is 2.15. The monoisotopic (exact) mass is 588 g/mol. The first kappa shape index (κ1) is 39.2. The molecular weight excluding hydrogens is 508 g/mol. The molecule has 2 heteroatoms. The van der Waals surface area contributed by atoms with Gasteiger partial charge in [-0.15, -0.1) is 0 Å². The van der Waals surface area contributed by atoms with Gasteiger partial charge in [0, 0.05) is 6.42 Å². The van der Waals surface area contributed by atoms with Gasteiger partial charge in [-0.25, -0.2) is 9.13 Å². The van der Waals surface area contributed by atoms with E-state index in [1.54, 1.807) is 5.82 Å². The van der Waals surface area contributed by atoms with Crippen molar-refractivity contribution in [2.24, 2.45) is 0 Å². The molecule has 0 radical (unpaired) electrons. The maximum atomic E-state index is 2.63. The number of imidazole rings is 1. The van der Waals surface area contributed by atoms with Crippen molar-refractivity contribution < 1.29 is 4.57 Å². The molecule has 1 aromatic heterocycles. The van der Waals surface area contributed by atoms with Gasteiger partial charge in [0.1, 0.15) is 12.4 Å². The van der Waals surface area contributed by atoms with Crippen molar-refractivity contribution in [3.8, 4) is 0 Å². The molecule has 0 bridgehead atoms. The predicted molar refractivity (Wildman–Crippen MR) is 188 cm³/mol. The van der Waals surface area contributed by atoms with Crippen molar-refractivity contribution in [2.75, 3.05) is 0 Å². The fourth-order valence-electron chi connectivity index (χ4n) is 6.68. The molecule has 0 aromatic carbocycles. The summed E-state index contributed by atoms with van der Waals surface area (Å²) < 4.78 is 5.25. The fourth-order valence-corrected chi connectivity index (χ4v) is 6.68. The lowest BCUT2D eigenvalue weighted by Crippen LogP contribution is -2.37. The van der Waals surface area contributed by atoms with E-state index in [1.807, 2.05) is 0 Å². The zero-order valence-corrected chi connectivity index (χ0v) is 29.6. The lowest BCUT2D eigenvalue weighted by molar-refractivity contribution is -0.704. The lowest BCUT2D eigenvalue weighted by Gasteiger charge is -2.07. The number of nitrogens with zero attached hydrogens (tertiary/aromatic N) is 2. The third-order valence-electron chi connectivity index (χ3n) is 9.60. The van der Waals surface area contributed by atoms with Gasteiger partial charge in [0.05, 0.1) is 13.1 Å². The molecule has 0 saturated heterocycles. The lowest BCUT2D eigenvalue weighted by atomic mass is 10.0. The summed E-state index contributed by atoms with van der Waals surface area (Å²) in [7, 11) is 0. The van der Waals surface area contributed by atoms with Crippen LogP contribution in [0.3, 0.4) is 0 Å². The summed E-state index contributed by atoms with van der Waals surface area (Å²) in [5.41, 5.74) is 0. The Kier molecular flexibility index (Phi) is 29.5. The van der Waals surface area contributed by atoms with Crippen LogP contribution in [-0.2, 0) is 19.5 Å². The van der Waals surface area contributed by atoms with E-state index in [1.165, 1.54) is 219 Å². The van der Waals surface area contributed by atoms with Crippen molar-refractivity contribution >= 4 is 0 Å². The minimum atomic E-state index is 1.23. The first-order valence-electron chi connectivity index (χ1n) is 19.9. The number of hydrogen-bond donors (Lipinski definition) is 0.